The van der Waals surface area contributed by atoms with Crippen LogP contribution in [0.15, 0.2) is 72.9 Å². The zero-order chi connectivity index (χ0) is 25.2. The molecule has 2 aromatic carbocycles. The van der Waals surface area contributed by atoms with E-state index >= 15 is 0 Å². The summed E-state index contributed by atoms with van der Waals surface area (Å²) in [4.78, 5) is 42.0. The fourth-order valence-corrected chi connectivity index (χ4v) is 3.57. The monoisotopic (exact) mass is 476 g/mol. The van der Waals surface area contributed by atoms with Crippen LogP contribution in [-0.2, 0) is 20.7 Å². The highest BCUT2D eigenvalue weighted by Crippen LogP contribution is 2.23. The highest BCUT2D eigenvalue weighted by molar-refractivity contribution is 5.99. The van der Waals surface area contributed by atoms with Gasteiger partial charge in [-0.05, 0) is 44.0 Å². The maximum absolute atomic E-state index is 13.1. The van der Waals surface area contributed by atoms with Gasteiger partial charge in [-0.1, -0.05) is 48.5 Å². The summed E-state index contributed by atoms with van der Waals surface area (Å²) in [6.45, 7) is 3.70. The Labute approximate surface area is 203 Å². The first-order valence-electron chi connectivity index (χ1n) is 11.4. The van der Waals surface area contributed by atoms with Gasteiger partial charge in [0.05, 0.1) is 30.5 Å². The lowest BCUT2D eigenvalue weighted by molar-refractivity contribution is -0.154. The number of esters is 2. The Morgan fingerprint density at radius 1 is 0.943 bits per heavy atom. The molecule has 2 atom stereocenters. The summed E-state index contributed by atoms with van der Waals surface area (Å²) in [6, 6.07) is 18.2. The molecule has 0 aliphatic heterocycles. The predicted octanol–water partition coefficient (Wildman–Crippen LogP) is 3.19. The van der Waals surface area contributed by atoms with E-state index in [1.165, 1.54) is 12.3 Å². The molecular weight excluding hydrogens is 448 g/mol. The predicted molar refractivity (Wildman–Crippen MR) is 130 cm³/mol. The fourth-order valence-electron chi connectivity index (χ4n) is 3.57. The van der Waals surface area contributed by atoms with E-state index < -0.39 is 30.0 Å². The van der Waals surface area contributed by atoms with Gasteiger partial charge < -0.3 is 19.9 Å². The third-order valence-electron chi connectivity index (χ3n) is 5.24. The molecule has 1 heterocycles. The number of carbonyl (C=O) groups is 3. The summed E-state index contributed by atoms with van der Waals surface area (Å²) in [6.07, 6.45) is 0.126. The topological polar surface area (TPSA) is 115 Å². The van der Waals surface area contributed by atoms with Crippen LogP contribution >= 0.6 is 0 Å². The summed E-state index contributed by atoms with van der Waals surface area (Å²) >= 11 is 0. The lowest BCUT2D eigenvalue weighted by atomic mass is 10.00. The third kappa shape index (κ3) is 6.74. The van der Waals surface area contributed by atoms with Crippen LogP contribution in [0.25, 0.3) is 11.3 Å². The summed E-state index contributed by atoms with van der Waals surface area (Å²) < 4.78 is 10.1. The van der Waals surface area contributed by atoms with Gasteiger partial charge in [-0.3, -0.25) is 9.78 Å². The smallest absolute Gasteiger partial charge is 0.338 e. The van der Waals surface area contributed by atoms with Crippen LogP contribution in [0, 0.1) is 0 Å². The molecule has 2 N–H and O–H groups in total. The van der Waals surface area contributed by atoms with E-state index in [1.807, 2.05) is 30.3 Å². The SMILES string of the molecule is CCOC(=O)c1ccccc1-c1cc(C(=O)NC(Cc2ccccc2)C(O)C(=O)OCC)ccn1. The number of rotatable bonds is 10. The molecule has 0 aliphatic rings. The second-order valence-corrected chi connectivity index (χ2v) is 7.66. The maximum atomic E-state index is 13.1. The summed E-state index contributed by atoms with van der Waals surface area (Å²) in [7, 11) is 0. The molecule has 1 aromatic heterocycles. The zero-order valence-corrected chi connectivity index (χ0v) is 19.6. The Hall–Kier alpha value is -4.04. The van der Waals surface area contributed by atoms with Gasteiger partial charge in [0.1, 0.15) is 0 Å². The van der Waals surface area contributed by atoms with E-state index in [-0.39, 0.29) is 25.2 Å². The van der Waals surface area contributed by atoms with Crippen LogP contribution in [0.2, 0.25) is 0 Å². The van der Waals surface area contributed by atoms with Crippen molar-refractivity contribution in [3.05, 3.63) is 89.6 Å². The minimum absolute atomic E-state index is 0.107. The van der Waals surface area contributed by atoms with Crippen molar-refractivity contribution in [2.75, 3.05) is 13.2 Å². The molecule has 0 spiro atoms. The number of pyridine rings is 1. The van der Waals surface area contributed by atoms with E-state index in [9.17, 15) is 19.5 Å². The number of hydrogen-bond donors (Lipinski definition) is 2. The molecule has 0 fully saturated rings. The highest BCUT2D eigenvalue weighted by atomic mass is 16.5. The maximum Gasteiger partial charge on any atom is 0.338 e. The van der Waals surface area contributed by atoms with E-state index in [0.29, 0.717) is 16.8 Å². The number of carbonyl (C=O) groups excluding carboxylic acids is 3. The minimum Gasteiger partial charge on any atom is -0.464 e. The van der Waals surface area contributed by atoms with E-state index in [1.54, 1.807) is 44.2 Å². The number of nitrogens with one attached hydrogen (secondary N) is 1. The lowest BCUT2D eigenvalue weighted by Gasteiger charge is -2.23. The van der Waals surface area contributed by atoms with Gasteiger partial charge in [0.2, 0.25) is 0 Å². The van der Waals surface area contributed by atoms with Crippen molar-refractivity contribution in [1.29, 1.82) is 0 Å². The Kier molecular flexibility index (Phi) is 9.09. The number of benzene rings is 2. The molecule has 3 rings (SSSR count). The second kappa shape index (κ2) is 12.4. The van der Waals surface area contributed by atoms with Gasteiger partial charge in [-0.15, -0.1) is 0 Å². The molecule has 8 nitrogen and oxygen atoms in total. The molecule has 0 saturated heterocycles. The number of amides is 1. The Balaban J connectivity index is 1.87. The molecule has 2 unspecified atom stereocenters. The van der Waals surface area contributed by atoms with Crippen molar-refractivity contribution in [3.8, 4) is 11.3 Å². The van der Waals surface area contributed by atoms with Crippen LogP contribution in [0.3, 0.4) is 0 Å². The van der Waals surface area contributed by atoms with Crippen molar-refractivity contribution in [3.63, 3.8) is 0 Å². The summed E-state index contributed by atoms with van der Waals surface area (Å²) in [5.41, 5.74) is 2.35. The molecule has 0 aliphatic carbocycles. The average molecular weight is 477 g/mol. The lowest BCUT2D eigenvalue weighted by Crippen LogP contribution is -2.48. The molecule has 35 heavy (non-hydrogen) atoms. The number of nitrogens with zero attached hydrogens (tertiary/aromatic N) is 1. The Morgan fingerprint density at radius 2 is 1.63 bits per heavy atom. The highest BCUT2D eigenvalue weighted by Gasteiger charge is 2.29. The zero-order valence-electron chi connectivity index (χ0n) is 19.6. The van der Waals surface area contributed by atoms with Crippen molar-refractivity contribution >= 4 is 17.8 Å². The fraction of sp³-hybridized carbons (Fsp3) is 0.259. The third-order valence-corrected chi connectivity index (χ3v) is 5.24. The van der Waals surface area contributed by atoms with Crippen molar-refractivity contribution < 1.29 is 29.0 Å². The largest absolute Gasteiger partial charge is 0.464 e. The van der Waals surface area contributed by atoms with Crippen molar-refractivity contribution in [2.45, 2.75) is 32.4 Å². The average Bonchev–Trinajstić information content (AvgIpc) is 2.88. The molecule has 1 amide bonds. The van der Waals surface area contributed by atoms with Crippen LogP contribution in [-0.4, -0.2) is 53.3 Å². The van der Waals surface area contributed by atoms with Crippen molar-refractivity contribution in [1.82, 2.24) is 10.3 Å². The first-order valence-corrected chi connectivity index (χ1v) is 11.4. The second-order valence-electron chi connectivity index (χ2n) is 7.66. The van der Waals surface area contributed by atoms with Crippen LogP contribution in [0.4, 0.5) is 0 Å². The first kappa shape index (κ1) is 25.6. The number of aromatic nitrogens is 1. The molecule has 182 valence electrons. The van der Waals surface area contributed by atoms with Gasteiger partial charge in [0.15, 0.2) is 6.10 Å². The van der Waals surface area contributed by atoms with Gasteiger partial charge in [0, 0.05) is 17.3 Å². The van der Waals surface area contributed by atoms with Crippen molar-refractivity contribution in [2.24, 2.45) is 0 Å². The molecule has 3 aromatic rings. The van der Waals surface area contributed by atoms with E-state index in [2.05, 4.69) is 10.3 Å². The summed E-state index contributed by atoms with van der Waals surface area (Å²) in [5.74, 6) is -1.81. The van der Waals surface area contributed by atoms with Crippen LogP contribution in [0.5, 0.6) is 0 Å². The molecule has 0 saturated carbocycles. The molecule has 0 bridgehead atoms. The van der Waals surface area contributed by atoms with E-state index in [4.69, 9.17) is 9.47 Å². The van der Waals surface area contributed by atoms with Gasteiger partial charge in [-0.25, -0.2) is 9.59 Å². The first-order chi connectivity index (χ1) is 16.9. The Morgan fingerprint density at radius 3 is 2.34 bits per heavy atom. The van der Waals surface area contributed by atoms with Crippen LogP contribution in [0.1, 0.15) is 40.1 Å². The van der Waals surface area contributed by atoms with E-state index in [0.717, 1.165) is 5.56 Å². The normalized spacial score (nSPS) is 12.3. The quantitative estimate of drug-likeness (QED) is 0.432. The van der Waals surface area contributed by atoms with Gasteiger partial charge >= 0.3 is 11.9 Å². The Bertz CT molecular complexity index is 1170. The molecule has 8 heteroatoms. The number of hydrogen-bond acceptors (Lipinski definition) is 7. The summed E-state index contributed by atoms with van der Waals surface area (Å²) in [5, 5.41) is 13.3. The standard InChI is InChI=1S/C27H28N2O6/c1-3-34-26(32)21-13-9-8-12-20(21)22-17-19(14-15-28-22)25(31)29-23(24(30)27(33)35-4-2)16-18-10-6-5-7-11-18/h5-15,17,23-24,30H,3-4,16H2,1-2H3,(H,29,31). The van der Waals surface area contributed by atoms with Gasteiger partial charge in [0.25, 0.3) is 5.91 Å². The number of aliphatic hydroxyl groups is 1. The van der Waals surface area contributed by atoms with Gasteiger partial charge in [-0.2, -0.15) is 0 Å². The van der Waals surface area contributed by atoms with Crippen LogP contribution < -0.4 is 5.32 Å². The molecular formula is C27H28N2O6. The minimum atomic E-state index is -1.55. The number of aliphatic hydroxyl groups excluding tert-OH is 1. The number of ether oxygens (including phenoxy) is 2. The molecule has 0 radical (unpaired) electrons.